The molecule has 0 aliphatic carbocycles. The molecule has 3 nitrogen and oxygen atoms in total. The van der Waals surface area contributed by atoms with Crippen LogP contribution in [0, 0.1) is 0 Å². The molecule has 2 aromatic rings. The second kappa shape index (κ2) is 7.36. The molecule has 0 aliphatic heterocycles. The highest BCUT2D eigenvalue weighted by molar-refractivity contribution is 7.16. The van der Waals surface area contributed by atoms with Crippen LogP contribution in [0.5, 0.6) is 11.5 Å². The lowest BCUT2D eigenvalue weighted by molar-refractivity contribution is 0.222. The number of hydrogen-bond acceptors (Lipinski definition) is 4. The predicted octanol–water partition coefficient (Wildman–Crippen LogP) is 4.93. The van der Waals surface area contributed by atoms with Crippen LogP contribution < -0.4 is 9.47 Å². The van der Waals surface area contributed by atoms with Crippen molar-refractivity contribution < 1.29 is 14.6 Å². The van der Waals surface area contributed by atoms with Crippen LogP contribution >= 0.6 is 34.5 Å². The van der Waals surface area contributed by atoms with Crippen LogP contribution in [-0.2, 0) is 0 Å². The second-order valence-electron chi connectivity index (χ2n) is 4.23. The molecule has 0 aliphatic rings. The van der Waals surface area contributed by atoms with Gasteiger partial charge < -0.3 is 14.6 Å². The van der Waals surface area contributed by atoms with Crippen LogP contribution in [0.1, 0.15) is 30.4 Å². The van der Waals surface area contributed by atoms with Gasteiger partial charge in [0.05, 0.1) is 22.6 Å². The fourth-order valence-electron chi connectivity index (χ4n) is 1.93. The minimum atomic E-state index is -0.843. The van der Waals surface area contributed by atoms with Gasteiger partial charge in [0.1, 0.15) is 6.10 Å². The van der Waals surface area contributed by atoms with Gasteiger partial charge in [0, 0.05) is 16.5 Å². The Hall–Kier alpha value is -0.940. The third-order valence-corrected chi connectivity index (χ3v) is 4.43. The second-order valence-corrected chi connectivity index (χ2v) is 6.38. The molecule has 1 aromatic carbocycles. The average molecular weight is 347 g/mol. The molecule has 21 heavy (non-hydrogen) atoms. The number of rotatable bonds is 6. The van der Waals surface area contributed by atoms with E-state index < -0.39 is 6.10 Å². The van der Waals surface area contributed by atoms with Gasteiger partial charge >= 0.3 is 0 Å². The molecule has 0 saturated heterocycles. The first kappa shape index (κ1) is 16.4. The van der Waals surface area contributed by atoms with E-state index in [9.17, 15) is 5.11 Å². The summed E-state index contributed by atoms with van der Waals surface area (Å²) in [5.41, 5.74) is 0.571. The van der Waals surface area contributed by atoms with E-state index in [1.54, 1.807) is 24.3 Å². The lowest BCUT2D eigenvalue weighted by atomic mass is 10.1. The van der Waals surface area contributed by atoms with Crippen molar-refractivity contribution in [2.45, 2.75) is 20.0 Å². The molecule has 0 amide bonds. The van der Waals surface area contributed by atoms with Gasteiger partial charge in [0.25, 0.3) is 0 Å². The van der Waals surface area contributed by atoms with Crippen LogP contribution in [0.15, 0.2) is 24.3 Å². The molecule has 0 spiro atoms. The molecular formula is C15H16Cl2O3S. The van der Waals surface area contributed by atoms with E-state index in [0.29, 0.717) is 39.6 Å². The fraction of sp³-hybridized carbons (Fsp3) is 0.333. The third kappa shape index (κ3) is 3.83. The minimum absolute atomic E-state index is 0.430. The third-order valence-electron chi connectivity index (χ3n) is 2.82. The molecule has 0 bridgehead atoms. The van der Waals surface area contributed by atoms with Crippen molar-refractivity contribution in [1.82, 2.24) is 0 Å². The summed E-state index contributed by atoms with van der Waals surface area (Å²) in [6.45, 7) is 4.79. The van der Waals surface area contributed by atoms with Gasteiger partial charge in [-0.1, -0.05) is 23.2 Å². The lowest BCUT2D eigenvalue weighted by Gasteiger charge is -2.16. The molecular weight excluding hydrogens is 331 g/mol. The Morgan fingerprint density at radius 1 is 1.10 bits per heavy atom. The first-order valence-electron chi connectivity index (χ1n) is 6.59. The van der Waals surface area contributed by atoms with E-state index in [-0.39, 0.29) is 0 Å². The van der Waals surface area contributed by atoms with Crippen LogP contribution in [0.3, 0.4) is 0 Å². The summed E-state index contributed by atoms with van der Waals surface area (Å²) in [5, 5.41) is 10.9. The highest BCUT2D eigenvalue weighted by Crippen LogP contribution is 2.40. The first-order valence-corrected chi connectivity index (χ1v) is 8.16. The van der Waals surface area contributed by atoms with Gasteiger partial charge in [0.2, 0.25) is 0 Å². The maximum absolute atomic E-state index is 10.5. The van der Waals surface area contributed by atoms with E-state index in [2.05, 4.69) is 0 Å². The van der Waals surface area contributed by atoms with Gasteiger partial charge in [0.15, 0.2) is 11.5 Å². The number of aliphatic hydroxyl groups excluding tert-OH is 1. The molecule has 0 fully saturated rings. The SMILES string of the molecule is CCOc1cc(Cl)c(C(O)c2ccc(Cl)s2)cc1OCC. The largest absolute Gasteiger partial charge is 0.490 e. The van der Waals surface area contributed by atoms with Gasteiger partial charge in [-0.3, -0.25) is 0 Å². The van der Waals surface area contributed by atoms with Crippen molar-refractivity contribution >= 4 is 34.5 Å². The Morgan fingerprint density at radius 3 is 2.24 bits per heavy atom. The molecule has 6 heteroatoms. The molecule has 0 saturated carbocycles. The zero-order valence-corrected chi connectivity index (χ0v) is 14.1. The summed E-state index contributed by atoms with van der Waals surface area (Å²) in [5.74, 6) is 1.14. The van der Waals surface area contributed by atoms with Crippen molar-refractivity contribution in [2.24, 2.45) is 0 Å². The molecule has 1 aromatic heterocycles. The molecule has 1 N–H and O–H groups in total. The monoisotopic (exact) mass is 346 g/mol. The molecule has 1 unspecified atom stereocenters. The quantitative estimate of drug-likeness (QED) is 0.805. The Kier molecular flexibility index (Phi) is 5.76. The molecule has 1 atom stereocenters. The zero-order valence-electron chi connectivity index (χ0n) is 11.7. The Balaban J connectivity index is 2.40. The van der Waals surface area contributed by atoms with Gasteiger partial charge in [-0.05, 0) is 32.0 Å². The van der Waals surface area contributed by atoms with Gasteiger partial charge in [-0.15, -0.1) is 11.3 Å². The van der Waals surface area contributed by atoms with Crippen LogP contribution in [0.2, 0.25) is 9.36 Å². The van der Waals surface area contributed by atoms with E-state index in [1.807, 2.05) is 13.8 Å². The first-order chi connectivity index (χ1) is 10.1. The average Bonchev–Trinajstić information content (AvgIpc) is 2.88. The van der Waals surface area contributed by atoms with Gasteiger partial charge in [-0.2, -0.15) is 0 Å². The summed E-state index contributed by atoms with van der Waals surface area (Å²) < 4.78 is 11.7. The number of ether oxygens (including phenoxy) is 2. The number of halogens is 2. The van der Waals surface area contributed by atoms with Gasteiger partial charge in [-0.25, -0.2) is 0 Å². The predicted molar refractivity (Wildman–Crippen MR) is 87.2 cm³/mol. The Bertz CT molecular complexity index is 613. The molecule has 2 rings (SSSR count). The van der Waals surface area contributed by atoms with Crippen LogP contribution in [-0.4, -0.2) is 18.3 Å². The summed E-state index contributed by atoms with van der Waals surface area (Å²) in [6.07, 6.45) is -0.843. The van der Waals surface area contributed by atoms with Crippen LogP contribution in [0.4, 0.5) is 0 Å². The van der Waals surface area contributed by atoms with E-state index in [4.69, 9.17) is 32.7 Å². The molecule has 114 valence electrons. The van der Waals surface area contributed by atoms with Crippen molar-refractivity contribution in [3.05, 3.63) is 44.1 Å². The number of benzene rings is 1. The lowest BCUT2D eigenvalue weighted by Crippen LogP contribution is -2.03. The summed E-state index contributed by atoms with van der Waals surface area (Å²) >= 11 is 13.5. The Labute approximate surface area is 138 Å². The topological polar surface area (TPSA) is 38.7 Å². The highest BCUT2D eigenvalue weighted by Gasteiger charge is 2.19. The standard InChI is InChI=1S/C15H16Cl2O3S/c1-3-19-11-7-9(10(16)8-12(11)20-4-2)15(18)13-5-6-14(17)21-13/h5-8,15,18H,3-4H2,1-2H3. The minimum Gasteiger partial charge on any atom is -0.490 e. The van der Waals surface area contributed by atoms with E-state index in [0.717, 1.165) is 4.88 Å². The van der Waals surface area contributed by atoms with Crippen LogP contribution in [0.25, 0.3) is 0 Å². The summed E-state index contributed by atoms with van der Waals surface area (Å²) in [4.78, 5) is 0.730. The smallest absolute Gasteiger partial charge is 0.162 e. The normalized spacial score (nSPS) is 12.2. The van der Waals surface area contributed by atoms with Crippen molar-refractivity contribution in [1.29, 1.82) is 0 Å². The summed E-state index contributed by atoms with van der Waals surface area (Å²) in [6, 6.07) is 6.92. The number of aliphatic hydroxyl groups is 1. The fourth-order valence-corrected chi connectivity index (χ4v) is 3.25. The van der Waals surface area contributed by atoms with Crippen molar-refractivity contribution in [3.8, 4) is 11.5 Å². The number of thiophene rings is 1. The molecule has 0 radical (unpaired) electrons. The Morgan fingerprint density at radius 2 is 1.71 bits per heavy atom. The maximum atomic E-state index is 10.5. The van der Waals surface area contributed by atoms with E-state index in [1.165, 1.54) is 11.3 Å². The maximum Gasteiger partial charge on any atom is 0.162 e. The van der Waals surface area contributed by atoms with Crippen molar-refractivity contribution in [2.75, 3.05) is 13.2 Å². The molecule has 1 heterocycles. The van der Waals surface area contributed by atoms with Crippen molar-refractivity contribution in [3.63, 3.8) is 0 Å². The van der Waals surface area contributed by atoms with E-state index >= 15 is 0 Å². The zero-order chi connectivity index (χ0) is 15.4. The number of hydrogen-bond donors (Lipinski definition) is 1. The summed E-state index contributed by atoms with van der Waals surface area (Å²) in [7, 11) is 0. The highest BCUT2D eigenvalue weighted by atomic mass is 35.5.